The van der Waals surface area contributed by atoms with E-state index in [0.717, 1.165) is 34.0 Å². The lowest BCUT2D eigenvalue weighted by Crippen LogP contribution is -2.07. The van der Waals surface area contributed by atoms with Gasteiger partial charge in [0, 0.05) is 17.1 Å². The van der Waals surface area contributed by atoms with E-state index >= 15 is 0 Å². The molecule has 0 saturated heterocycles. The molecule has 1 aromatic heterocycles. The van der Waals surface area contributed by atoms with Gasteiger partial charge in [-0.3, -0.25) is 4.79 Å². The van der Waals surface area contributed by atoms with Gasteiger partial charge in [0.2, 0.25) is 0 Å². The van der Waals surface area contributed by atoms with Crippen LogP contribution in [0.4, 0.5) is 4.39 Å². The van der Waals surface area contributed by atoms with E-state index in [1.165, 1.54) is 12.1 Å². The summed E-state index contributed by atoms with van der Waals surface area (Å²) in [7, 11) is 0. The maximum Gasteiger partial charge on any atom is 0.310 e. The van der Waals surface area contributed by atoms with Gasteiger partial charge in [-0.2, -0.15) is 0 Å². The maximum absolute atomic E-state index is 13.0. The van der Waals surface area contributed by atoms with Gasteiger partial charge in [0.1, 0.15) is 5.82 Å². The van der Waals surface area contributed by atoms with Crippen molar-refractivity contribution in [2.75, 3.05) is 6.61 Å². The molecule has 0 aliphatic rings. The van der Waals surface area contributed by atoms with Crippen LogP contribution in [0.3, 0.4) is 0 Å². The minimum absolute atomic E-state index is 0.225. The van der Waals surface area contributed by atoms with Crippen molar-refractivity contribution in [2.24, 2.45) is 0 Å². The highest BCUT2D eigenvalue weighted by molar-refractivity contribution is 5.87. The van der Waals surface area contributed by atoms with Gasteiger partial charge in [-0.15, -0.1) is 0 Å². The van der Waals surface area contributed by atoms with Gasteiger partial charge in [-0.1, -0.05) is 18.2 Å². The SMILES string of the molecule is CCOC(=O)Cc1c[nH]c2ccc(Cc3ccc(F)cc3)cc12. The molecule has 0 aliphatic heterocycles. The Morgan fingerprint density at radius 1 is 1.13 bits per heavy atom. The first-order chi connectivity index (χ1) is 11.2. The highest BCUT2D eigenvalue weighted by Gasteiger charge is 2.10. The summed E-state index contributed by atoms with van der Waals surface area (Å²) in [6.07, 6.45) is 2.83. The molecular formula is C19H18FNO2. The lowest BCUT2D eigenvalue weighted by molar-refractivity contribution is -0.142. The van der Waals surface area contributed by atoms with Crippen molar-refractivity contribution in [3.05, 3.63) is 71.2 Å². The molecule has 0 unspecified atom stereocenters. The predicted molar refractivity (Wildman–Crippen MR) is 87.8 cm³/mol. The van der Waals surface area contributed by atoms with E-state index in [0.29, 0.717) is 6.61 Å². The number of H-pyrrole nitrogens is 1. The fourth-order valence-corrected chi connectivity index (χ4v) is 2.69. The summed E-state index contributed by atoms with van der Waals surface area (Å²) in [5, 5.41) is 1.03. The smallest absolute Gasteiger partial charge is 0.310 e. The third-order valence-corrected chi connectivity index (χ3v) is 3.79. The maximum atomic E-state index is 13.0. The van der Waals surface area contributed by atoms with Crippen LogP contribution in [0.25, 0.3) is 10.9 Å². The highest BCUT2D eigenvalue weighted by atomic mass is 19.1. The Hall–Kier alpha value is -2.62. The number of hydrogen-bond acceptors (Lipinski definition) is 2. The first kappa shape index (κ1) is 15.3. The van der Waals surface area contributed by atoms with Gasteiger partial charge in [0.15, 0.2) is 0 Å². The monoisotopic (exact) mass is 311 g/mol. The lowest BCUT2D eigenvalue weighted by Gasteiger charge is -2.04. The summed E-state index contributed by atoms with van der Waals surface area (Å²) < 4.78 is 18.0. The van der Waals surface area contributed by atoms with Crippen molar-refractivity contribution in [3.63, 3.8) is 0 Å². The number of benzene rings is 2. The van der Waals surface area contributed by atoms with Gasteiger partial charge >= 0.3 is 5.97 Å². The van der Waals surface area contributed by atoms with Gasteiger partial charge in [-0.25, -0.2) is 4.39 Å². The predicted octanol–water partition coefficient (Wildman–Crippen LogP) is 4.00. The van der Waals surface area contributed by atoms with E-state index in [9.17, 15) is 9.18 Å². The molecule has 0 saturated carbocycles. The molecule has 0 aliphatic carbocycles. The van der Waals surface area contributed by atoms with Crippen LogP contribution in [0.1, 0.15) is 23.6 Å². The molecule has 118 valence electrons. The normalized spacial score (nSPS) is 10.9. The number of aromatic amines is 1. The number of esters is 1. The molecule has 0 atom stereocenters. The Labute approximate surface area is 134 Å². The lowest BCUT2D eigenvalue weighted by atomic mass is 10.0. The van der Waals surface area contributed by atoms with E-state index in [2.05, 4.69) is 11.1 Å². The number of fused-ring (bicyclic) bond motifs is 1. The summed E-state index contributed by atoms with van der Waals surface area (Å²) in [6, 6.07) is 12.6. The second-order valence-electron chi connectivity index (χ2n) is 5.48. The van der Waals surface area contributed by atoms with Crippen LogP contribution < -0.4 is 0 Å². The second kappa shape index (κ2) is 6.65. The molecule has 0 bridgehead atoms. The quantitative estimate of drug-likeness (QED) is 0.724. The number of aromatic nitrogens is 1. The van der Waals surface area contributed by atoms with Gasteiger partial charge in [0.25, 0.3) is 0 Å². The third-order valence-electron chi connectivity index (χ3n) is 3.79. The Kier molecular flexibility index (Phi) is 4.42. The number of ether oxygens (including phenoxy) is 1. The zero-order valence-corrected chi connectivity index (χ0v) is 12.9. The summed E-state index contributed by atoms with van der Waals surface area (Å²) in [4.78, 5) is 14.9. The van der Waals surface area contributed by atoms with E-state index in [4.69, 9.17) is 4.74 Å². The summed E-state index contributed by atoms with van der Waals surface area (Å²) in [6.45, 7) is 2.19. The highest BCUT2D eigenvalue weighted by Crippen LogP contribution is 2.22. The first-order valence-corrected chi connectivity index (χ1v) is 7.64. The molecule has 3 rings (SSSR count). The average molecular weight is 311 g/mol. The Bertz CT molecular complexity index is 821. The molecule has 4 heteroatoms. The van der Waals surface area contributed by atoms with Crippen molar-refractivity contribution in [1.29, 1.82) is 0 Å². The molecule has 0 amide bonds. The molecule has 1 N–H and O–H groups in total. The molecule has 3 aromatic rings. The molecule has 0 fully saturated rings. The third kappa shape index (κ3) is 3.59. The Morgan fingerprint density at radius 3 is 2.61 bits per heavy atom. The van der Waals surface area contributed by atoms with Crippen LogP contribution in [0.5, 0.6) is 0 Å². The van der Waals surface area contributed by atoms with Gasteiger partial charge in [0.05, 0.1) is 13.0 Å². The molecule has 2 aromatic carbocycles. The number of nitrogens with one attached hydrogen (secondary N) is 1. The van der Waals surface area contributed by atoms with Gasteiger partial charge < -0.3 is 9.72 Å². The number of carbonyl (C=O) groups is 1. The van der Waals surface area contributed by atoms with E-state index in [1.54, 1.807) is 19.1 Å². The van der Waals surface area contributed by atoms with E-state index < -0.39 is 0 Å². The molecule has 3 nitrogen and oxygen atoms in total. The minimum Gasteiger partial charge on any atom is -0.466 e. The standard InChI is InChI=1S/C19H18FNO2/c1-2-23-19(22)11-15-12-21-18-8-5-14(10-17(15)18)9-13-3-6-16(20)7-4-13/h3-8,10,12,21H,2,9,11H2,1H3. The van der Waals surface area contributed by atoms with Crippen molar-refractivity contribution >= 4 is 16.9 Å². The van der Waals surface area contributed by atoms with Crippen molar-refractivity contribution in [1.82, 2.24) is 4.98 Å². The van der Waals surface area contributed by atoms with Crippen LogP contribution in [-0.2, 0) is 22.4 Å². The van der Waals surface area contributed by atoms with Gasteiger partial charge in [-0.05, 0) is 54.3 Å². The summed E-state index contributed by atoms with van der Waals surface area (Å²) >= 11 is 0. The Balaban J connectivity index is 1.85. The number of halogens is 1. The average Bonchev–Trinajstić information content (AvgIpc) is 2.92. The van der Waals surface area contributed by atoms with Crippen LogP contribution >= 0.6 is 0 Å². The molecular weight excluding hydrogens is 293 g/mol. The second-order valence-corrected chi connectivity index (χ2v) is 5.48. The van der Waals surface area contributed by atoms with Crippen molar-refractivity contribution in [2.45, 2.75) is 19.8 Å². The van der Waals surface area contributed by atoms with Crippen LogP contribution in [0.2, 0.25) is 0 Å². The Morgan fingerprint density at radius 2 is 1.87 bits per heavy atom. The summed E-state index contributed by atoms with van der Waals surface area (Å²) in [5.74, 6) is -0.455. The molecule has 0 spiro atoms. The van der Waals surface area contributed by atoms with E-state index in [-0.39, 0.29) is 18.2 Å². The topological polar surface area (TPSA) is 42.1 Å². The molecule has 23 heavy (non-hydrogen) atoms. The number of rotatable bonds is 5. The minimum atomic E-state index is -0.230. The fraction of sp³-hybridized carbons (Fsp3) is 0.211. The fourth-order valence-electron chi connectivity index (χ4n) is 2.69. The zero-order valence-electron chi connectivity index (χ0n) is 12.9. The zero-order chi connectivity index (χ0) is 16.2. The number of hydrogen-bond donors (Lipinski definition) is 1. The molecule has 0 radical (unpaired) electrons. The van der Waals surface area contributed by atoms with Crippen molar-refractivity contribution < 1.29 is 13.9 Å². The van der Waals surface area contributed by atoms with Crippen LogP contribution in [0.15, 0.2) is 48.7 Å². The number of carbonyl (C=O) groups excluding carboxylic acids is 1. The largest absolute Gasteiger partial charge is 0.466 e. The van der Waals surface area contributed by atoms with Crippen LogP contribution in [0, 0.1) is 5.82 Å². The van der Waals surface area contributed by atoms with Crippen molar-refractivity contribution in [3.8, 4) is 0 Å². The molecule has 1 heterocycles. The first-order valence-electron chi connectivity index (χ1n) is 7.64. The summed E-state index contributed by atoms with van der Waals surface area (Å²) in [5.41, 5.74) is 4.09. The van der Waals surface area contributed by atoms with Crippen LogP contribution in [-0.4, -0.2) is 17.6 Å². The van der Waals surface area contributed by atoms with E-state index in [1.807, 2.05) is 18.3 Å².